The van der Waals surface area contributed by atoms with Gasteiger partial charge in [0, 0.05) is 5.41 Å². The maximum Gasteiger partial charge on any atom is 0.329 e. The molecule has 0 aliphatic heterocycles. The first-order valence-corrected chi connectivity index (χ1v) is 4.52. The third-order valence-electron chi connectivity index (χ3n) is 1.59. The number of ether oxygens (including phenoxy) is 1. The Hall–Kier alpha value is -1.43. The molecule has 1 heterocycles. The van der Waals surface area contributed by atoms with Crippen molar-refractivity contribution < 1.29 is 19.2 Å². The molecule has 84 valence electrons. The van der Waals surface area contributed by atoms with Gasteiger partial charge in [-0.1, -0.05) is 25.9 Å². The van der Waals surface area contributed by atoms with E-state index in [0.717, 1.165) is 0 Å². The molecule has 0 fully saturated rings. The highest BCUT2D eigenvalue weighted by molar-refractivity contribution is 5.67. The summed E-state index contributed by atoms with van der Waals surface area (Å²) in [6.45, 7) is 5.53. The molecule has 1 rings (SSSR count). The standard InChI is InChI=1S/C9H14N2O4/c1-9(2,3)8-10-6(15-11-8)4-14-5-7(12)13/h4-5H2,1-3H3,(H,12,13). The van der Waals surface area contributed by atoms with Crippen LogP contribution in [0.15, 0.2) is 4.52 Å². The van der Waals surface area contributed by atoms with Crippen LogP contribution in [0, 0.1) is 0 Å². The van der Waals surface area contributed by atoms with Crippen LogP contribution in [0.5, 0.6) is 0 Å². The number of carbonyl (C=O) groups is 1. The summed E-state index contributed by atoms with van der Waals surface area (Å²) in [6.07, 6.45) is 0. The van der Waals surface area contributed by atoms with Gasteiger partial charge in [-0.15, -0.1) is 0 Å². The number of hydrogen-bond donors (Lipinski definition) is 1. The minimum atomic E-state index is -1.02. The quantitative estimate of drug-likeness (QED) is 0.803. The van der Waals surface area contributed by atoms with Crippen molar-refractivity contribution in [3.05, 3.63) is 11.7 Å². The Bertz CT molecular complexity index is 340. The number of carboxylic acid groups (broad SMARTS) is 1. The van der Waals surface area contributed by atoms with E-state index < -0.39 is 5.97 Å². The average molecular weight is 214 g/mol. The predicted molar refractivity (Wildman–Crippen MR) is 50.3 cm³/mol. The van der Waals surface area contributed by atoms with Gasteiger partial charge in [0.15, 0.2) is 5.82 Å². The van der Waals surface area contributed by atoms with Crippen LogP contribution < -0.4 is 0 Å². The van der Waals surface area contributed by atoms with E-state index in [-0.39, 0.29) is 18.6 Å². The van der Waals surface area contributed by atoms with Crippen molar-refractivity contribution >= 4 is 5.97 Å². The van der Waals surface area contributed by atoms with Crippen molar-refractivity contribution in [1.29, 1.82) is 0 Å². The SMILES string of the molecule is CC(C)(C)c1noc(COCC(=O)O)n1. The van der Waals surface area contributed by atoms with Crippen LogP contribution >= 0.6 is 0 Å². The van der Waals surface area contributed by atoms with Gasteiger partial charge in [0.1, 0.15) is 13.2 Å². The molecule has 0 aromatic carbocycles. The Balaban J connectivity index is 2.50. The minimum absolute atomic E-state index is 0.0232. The van der Waals surface area contributed by atoms with Crippen molar-refractivity contribution in [3.63, 3.8) is 0 Å². The molecule has 0 saturated carbocycles. The lowest BCUT2D eigenvalue weighted by molar-refractivity contribution is -0.142. The Morgan fingerprint density at radius 1 is 1.53 bits per heavy atom. The summed E-state index contributed by atoms with van der Waals surface area (Å²) in [4.78, 5) is 14.2. The summed E-state index contributed by atoms with van der Waals surface area (Å²) in [5.41, 5.74) is -0.186. The zero-order valence-electron chi connectivity index (χ0n) is 8.98. The van der Waals surface area contributed by atoms with Crippen LogP contribution in [-0.4, -0.2) is 27.8 Å². The predicted octanol–water partition coefficient (Wildman–Crippen LogP) is 0.968. The van der Waals surface area contributed by atoms with E-state index in [4.69, 9.17) is 14.4 Å². The molecule has 1 N–H and O–H groups in total. The third kappa shape index (κ3) is 3.67. The number of nitrogens with zero attached hydrogens (tertiary/aromatic N) is 2. The highest BCUT2D eigenvalue weighted by Gasteiger charge is 2.20. The summed E-state index contributed by atoms with van der Waals surface area (Å²) in [7, 11) is 0. The Morgan fingerprint density at radius 2 is 2.20 bits per heavy atom. The minimum Gasteiger partial charge on any atom is -0.480 e. The van der Waals surface area contributed by atoms with E-state index in [1.165, 1.54) is 0 Å². The van der Waals surface area contributed by atoms with Crippen molar-refractivity contribution in [2.24, 2.45) is 0 Å². The molecule has 0 aliphatic carbocycles. The second-order valence-corrected chi connectivity index (χ2v) is 4.15. The van der Waals surface area contributed by atoms with Crippen molar-refractivity contribution in [1.82, 2.24) is 10.1 Å². The Morgan fingerprint density at radius 3 is 2.67 bits per heavy atom. The number of carboxylic acids is 1. The molecule has 0 atom stereocenters. The molecule has 6 heteroatoms. The zero-order chi connectivity index (χ0) is 11.5. The van der Waals surface area contributed by atoms with E-state index >= 15 is 0 Å². The second-order valence-electron chi connectivity index (χ2n) is 4.15. The van der Waals surface area contributed by atoms with Gasteiger partial charge in [0.2, 0.25) is 0 Å². The number of hydrogen-bond acceptors (Lipinski definition) is 5. The van der Waals surface area contributed by atoms with Crippen LogP contribution in [0.3, 0.4) is 0 Å². The van der Waals surface area contributed by atoms with E-state index in [1.54, 1.807) is 0 Å². The molecule has 1 aromatic heterocycles. The largest absolute Gasteiger partial charge is 0.480 e. The van der Waals surface area contributed by atoms with Crippen LogP contribution in [-0.2, 0) is 21.6 Å². The summed E-state index contributed by atoms with van der Waals surface area (Å²) in [6, 6.07) is 0. The third-order valence-corrected chi connectivity index (χ3v) is 1.59. The molecule has 0 bridgehead atoms. The monoisotopic (exact) mass is 214 g/mol. The molecule has 6 nitrogen and oxygen atoms in total. The molecule has 0 radical (unpaired) electrons. The fourth-order valence-corrected chi connectivity index (χ4v) is 0.844. The molecule has 0 aliphatic rings. The van der Waals surface area contributed by atoms with Gasteiger partial charge in [-0.05, 0) is 0 Å². The molecule has 0 spiro atoms. The smallest absolute Gasteiger partial charge is 0.329 e. The fraction of sp³-hybridized carbons (Fsp3) is 0.667. The van der Waals surface area contributed by atoms with Gasteiger partial charge in [0.05, 0.1) is 0 Å². The second kappa shape index (κ2) is 4.39. The lowest BCUT2D eigenvalue weighted by atomic mass is 9.96. The van der Waals surface area contributed by atoms with Gasteiger partial charge in [0.25, 0.3) is 5.89 Å². The number of aliphatic carboxylic acids is 1. The van der Waals surface area contributed by atoms with Gasteiger partial charge in [-0.3, -0.25) is 0 Å². The molecular formula is C9H14N2O4. The maximum absolute atomic E-state index is 10.2. The highest BCUT2D eigenvalue weighted by Crippen LogP contribution is 2.18. The van der Waals surface area contributed by atoms with Crippen molar-refractivity contribution in [2.75, 3.05) is 6.61 Å². The zero-order valence-corrected chi connectivity index (χ0v) is 8.98. The average Bonchev–Trinajstić information content (AvgIpc) is 2.51. The number of aromatic nitrogens is 2. The molecule has 1 aromatic rings. The van der Waals surface area contributed by atoms with Gasteiger partial charge >= 0.3 is 5.97 Å². The van der Waals surface area contributed by atoms with E-state index in [2.05, 4.69) is 10.1 Å². The molecular weight excluding hydrogens is 200 g/mol. The Kier molecular flexibility index (Phi) is 3.41. The summed E-state index contributed by atoms with van der Waals surface area (Å²) >= 11 is 0. The lowest BCUT2D eigenvalue weighted by Gasteiger charge is -2.10. The molecule has 0 amide bonds. The molecule has 0 unspecified atom stereocenters. The first-order chi connectivity index (χ1) is 6.89. The maximum atomic E-state index is 10.2. The van der Waals surface area contributed by atoms with Gasteiger partial charge in [-0.2, -0.15) is 4.98 Å². The summed E-state index contributed by atoms with van der Waals surface area (Å²) < 4.78 is 9.71. The van der Waals surface area contributed by atoms with Gasteiger partial charge < -0.3 is 14.4 Å². The first kappa shape index (κ1) is 11.6. The van der Waals surface area contributed by atoms with E-state index in [1.807, 2.05) is 20.8 Å². The molecule has 0 saturated heterocycles. The fourth-order valence-electron chi connectivity index (χ4n) is 0.844. The van der Waals surface area contributed by atoms with Crippen molar-refractivity contribution in [3.8, 4) is 0 Å². The van der Waals surface area contributed by atoms with Gasteiger partial charge in [-0.25, -0.2) is 4.79 Å². The first-order valence-electron chi connectivity index (χ1n) is 4.52. The normalized spacial score (nSPS) is 11.7. The Labute approximate surface area is 87.2 Å². The topological polar surface area (TPSA) is 85.5 Å². The molecule has 15 heavy (non-hydrogen) atoms. The van der Waals surface area contributed by atoms with E-state index in [9.17, 15) is 4.79 Å². The van der Waals surface area contributed by atoms with E-state index in [0.29, 0.717) is 11.7 Å². The van der Waals surface area contributed by atoms with Crippen LogP contribution in [0.25, 0.3) is 0 Å². The van der Waals surface area contributed by atoms with Crippen molar-refractivity contribution in [2.45, 2.75) is 32.8 Å². The highest BCUT2D eigenvalue weighted by atomic mass is 16.5. The van der Waals surface area contributed by atoms with Crippen LogP contribution in [0.1, 0.15) is 32.5 Å². The summed E-state index contributed by atoms with van der Waals surface area (Å²) in [5.74, 6) is -0.150. The number of rotatable bonds is 4. The van der Waals surface area contributed by atoms with Crippen LogP contribution in [0.4, 0.5) is 0 Å². The lowest BCUT2D eigenvalue weighted by Crippen LogP contribution is -2.13. The summed E-state index contributed by atoms with van der Waals surface area (Å²) in [5, 5.41) is 12.1. The van der Waals surface area contributed by atoms with Crippen LogP contribution in [0.2, 0.25) is 0 Å².